The van der Waals surface area contributed by atoms with Crippen LogP contribution in [0.3, 0.4) is 0 Å². The molecule has 3 aliphatic rings. The molecule has 1 spiro atoms. The third-order valence-electron chi connectivity index (χ3n) is 6.99. The normalized spacial score (nSPS) is 26.8. The zero-order chi connectivity index (χ0) is 17.1. The standard InChI is InChI=1S/C20H35N5/c1-24-12-5-13-25(16-20(24)8-10-21-11-9-20)15-18-14-22-23-19(18)17-6-3-2-4-7-17/h14,17,21H,2-13,15-16H2,1H3,(H,22,23). The van der Waals surface area contributed by atoms with E-state index in [9.17, 15) is 0 Å². The zero-order valence-corrected chi connectivity index (χ0v) is 15.9. The van der Waals surface area contributed by atoms with Crippen molar-refractivity contribution in [3.8, 4) is 0 Å². The topological polar surface area (TPSA) is 47.2 Å². The molecule has 0 atom stereocenters. The minimum Gasteiger partial charge on any atom is -0.317 e. The number of rotatable bonds is 3. The van der Waals surface area contributed by atoms with Crippen molar-refractivity contribution in [1.82, 2.24) is 25.3 Å². The highest BCUT2D eigenvalue weighted by molar-refractivity contribution is 5.21. The molecule has 1 aromatic rings. The van der Waals surface area contributed by atoms with E-state index in [0.29, 0.717) is 11.5 Å². The van der Waals surface area contributed by atoms with Crippen LogP contribution in [-0.2, 0) is 6.54 Å². The molecule has 0 unspecified atom stereocenters. The summed E-state index contributed by atoms with van der Waals surface area (Å²) in [5.41, 5.74) is 3.27. The smallest absolute Gasteiger partial charge is 0.0535 e. The molecule has 2 N–H and O–H groups in total. The summed E-state index contributed by atoms with van der Waals surface area (Å²) in [6, 6.07) is 0. The Hall–Kier alpha value is -0.910. The summed E-state index contributed by atoms with van der Waals surface area (Å²) in [6.07, 6.45) is 12.8. The van der Waals surface area contributed by atoms with Gasteiger partial charge >= 0.3 is 0 Å². The number of likely N-dealkylation sites (N-methyl/N-ethyl adjacent to an activating group) is 1. The van der Waals surface area contributed by atoms with Crippen LogP contribution in [-0.4, -0.2) is 65.3 Å². The third-order valence-corrected chi connectivity index (χ3v) is 6.99. The summed E-state index contributed by atoms with van der Waals surface area (Å²) in [6.45, 7) is 7.06. The van der Waals surface area contributed by atoms with Crippen LogP contribution >= 0.6 is 0 Å². The minimum atomic E-state index is 0.372. The molecule has 1 saturated carbocycles. The summed E-state index contributed by atoms with van der Waals surface area (Å²) in [7, 11) is 2.35. The highest BCUT2D eigenvalue weighted by atomic mass is 15.3. The SMILES string of the molecule is CN1CCCN(Cc2cn[nH]c2C2CCCCC2)CC12CCNCC2. The number of H-pyrrole nitrogens is 1. The van der Waals surface area contributed by atoms with Crippen molar-refractivity contribution < 1.29 is 0 Å². The van der Waals surface area contributed by atoms with E-state index in [0.717, 1.165) is 19.6 Å². The fourth-order valence-electron chi connectivity index (χ4n) is 5.38. The molecular weight excluding hydrogens is 310 g/mol. The van der Waals surface area contributed by atoms with Crippen LogP contribution in [0.1, 0.15) is 68.5 Å². The lowest BCUT2D eigenvalue weighted by Gasteiger charge is -2.45. The molecule has 2 saturated heterocycles. The monoisotopic (exact) mass is 345 g/mol. The van der Waals surface area contributed by atoms with Gasteiger partial charge in [-0.3, -0.25) is 14.9 Å². The number of hydrogen-bond donors (Lipinski definition) is 2. The van der Waals surface area contributed by atoms with Gasteiger partial charge in [0.15, 0.2) is 0 Å². The number of nitrogens with zero attached hydrogens (tertiary/aromatic N) is 3. The van der Waals surface area contributed by atoms with Crippen molar-refractivity contribution in [3.05, 3.63) is 17.5 Å². The van der Waals surface area contributed by atoms with Crippen molar-refractivity contribution in [3.63, 3.8) is 0 Å². The molecule has 1 aliphatic carbocycles. The van der Waals surface area contributed by atoms with Crippen molar-refractivity contribution in [2.75, 3.05) is 39.8 Å². The van der Waals surface area contributed by atoms with E-state index in [1.165, 1.54) is 82.3 Å². The maximum Gasteiger partial charge on any atom is 0.0535 e. The molecule has 1 aromatic heterocycles. The summed E-state index contributed by atoms with van der Waals surface area (Å²) >= 11 is 0. The predicted octanol–water partition coefficient (Wildman–Crippen LogP) is 2.72. The van der Waals surface area contributed by atoms with Gasteiger partial charge in [0.1, 0.15) is 0 Å². The number of aromatic amines is 1. The van der Waals surface area contributed by atoms with Crippen LogP contribution in [0.25, 0.3) is 0 Å². The quantitative estimate of drug-likeness (QED) is 0.884. The molecule has 5 nitrogen and oxygen atoms in total. The van der Waals surface area contributed by atoms with Gasteiger partial charge in [0.2, 0.25) is 0 Å². The van der Waals surface area contributed by atoms with Gasteiger partial charge in [0.25, 0.3) is 0 Å². The van der Waals surface area contributed by atoms with Gasteiger partial charge in [-0.1, -0.05) is 19.3 Å². The lowest BCUT2D eigenvalue weighted by Crippen LogP contribution is -2.57. The largest absolute Gasteiger partial charge is 0.317 e. The van der Waals surface area contributed by atoms with E-state index in [1.54, 1.807) is 0 Å². The lowest BCUT2D eigenvalue weighted by molar-refractivity contribution is 0.0636. The van der Waals surface area contributed by atoms with Gasteiger partial charge in [0.05, 0.1) is 6.20 Å². The van der Waals surface area contributed by atoms with Crippen molar-refractivity contribution >= 4 is 0 Å². The third kappa shape index (κ3) is 3.79. The van der Waals surface area contributed by atoms with E-state index >= 15 is 0 Å². The number of aromatic nitrogens is 2. The van der Waals surface area contributed by atoms with Crippen LogP contribution in [0, 0.1) is 0 Å². The molecule has 3 fully saturated rings. The first kappa shape index (κ1) is 17.5. The Balaban J connectivity index is 1.47. The van der Waals surface area contributed by atoms with E-state index < -0.39 is 0 Å². The van der Waals surface area contributed by atoms with Crippen LogP contribution < -0.4 is 5.32 Å². The summed E-state index contributed by atoms with van der Waals surface area (Å²) in [4.78, 5) is 5.37. The van der Waals surface area contributed by atoms with E-state index in [2.05, 4.69) is 38.6 Å². The summed E-state index contributed by atoms with van der Waals surface area (Å²) in [5.74, 6) is 0.716. The Kier molecular flexibility index (Phi) is 5.44. The van der Waals surface area contributed by atoms with Gasteiger partial charge in [-0.15, -0.1) is 0 Å². The summed E-state index contributed by atoms with van der Waals surface area (Å²) in [5, 5.41) is 11.3. The first-order chi connectivity index (χ1) is 12.3. The molecule has 140 valence electrons. The van der Waals surface area contributed by atoms with E-state index in [4.69, 9.17) is 0 Å². The lowest BCUT2D eigenvalue weighted by atomic mass is 9.85. The van der Waals surface area contributed by atoms with Crippen molar-refractivity contribution in [2.45, 2.75) is 69.4 Å². The van der Waals surface area contributed by atoms with Crippen LogP contribution in [0.2, 0.25) is 0 Å². The zero-order valence-electron chi connectivity index (χ0n) is 15.9. The molecule has 3 heterocycles. The van der Waals surface area contributed by atoms with Gasteiger partial charge in [-0.05, 0) is 65.3 Å². The maximum atomic E-state index is 4.43. The fourth-order valence-corrected chi connectivity index (χ4v) is 5.38. The maximum absolute atomic E-state index is 4.43. The second-order valence-electron chi connectivity index (χ2n) is 8.60. The Morgan fingerprint density at radius 2 is 1.92 bits per heavy atom. The Labute approximate surface area is 152 Å². The molecule has 4 rings (SSSR count). The van der Waals surface area contributed by atoms with Crippen molar-refractivity contribution in [1.29, 1.82) is 0 Å². The predicted molar refractivity (Wildman–Crippen MR) is 102 cm³/mol. The molecule has 0 radical (unpaired) electrons. The average molecular weight is 346 g/mol. The summed E-state index contributed by atoms with van der Waals surface area (Å²) < 4.78 is 0. The number of nitrogens with one attached hydrogen (secondary N) is 2. The van der Waals surface area contributed by atoms with Crippen LogP contribution in [0.5, 0.6) is 0 Å². The Bertz CT molecular complexity index is 542. The van der Waals surface area contributed by atoms with Gasteiger partial charge in [0, 0.05) is 35.8 Å². The highest BCUT2D eigenvalue weighted by Gasteiger charge is 2.39. The van der Waals surface area contributed by atoms with Gasteiger partial charge < -0.3 is 5.32 Å². The first-order valence-electron chi connectivity index (χ1n) is 10.4. The molecule has 25 heavy (non-hydrogen) atoms. The molecule has 2 aliphatic heterocycles. The van der Waals surface area contributed by atoms with Crippen LogP contribution in [0.4, 0.5) is 0 Å². The minimum absolute atomic E-state index is 0.372. The van der Waals surface area contributed by atoms with E-state index in [-0.39, 0.29) is 0 Å². The first-order valence-corrected chi connectivity index (χ1v) is 10.4. The highest BCUT2D eigenvalue weighted by Crippen LogP contribution is 2.34. The van der Waals surface area contributed by atoms with Crippen LogP contribution in [0.15, 0.2) is 6.20 Å². The Morgan fingerprint density at radius 1 is 1.12 bits per heavy atom. The van der Waals surface area contributed by atoms with E-state index in [1.807, 2.05) is 0 Å². The second kappa shape index (κ2) is 7.77. The molecule has 5 heteroatoms. The fraction of sp³-hybridized carbons (Fsp3) is 0.850. The second-order valence-corrected chi connectivity index (χ2v) is 8.60. The number of piperidine rings is 1. The molecule has 0 amide bonds. The molecular formula is C20H35N5. The van der Waals surface area contributed by atoms with Gasteiger partial charge in [-0.25, -0.2) is 0 Å². The van der Waals surface area contributed by atoms with Gasteiger partial charge in [-0.2, -0.15) is 5.10 Å². The average Bonchev–Trinajstić information content (AvgIpc) is 3.05. The number of hydrogen-bond acceptors (Lipinski definition) is 4. The molecule has 0 bridgehead atoms. The Morgan fingerprint density at radius 3 is 2.72 bits per heavy atom. The van der Waals surface area contributed by atoms with Crippen molar-refractivity contribution in [2.24, 2.45) is 0 Å². The molecule has 0 aromatic carbocycles.